The molecule has 0 fully saturated rings. The molecule has 23 heavy (non-hydrogen) atoms. The third-order valence-corrected chi connectivity index (χ3v) is 2.57. The maximum absolute atomic E-state index is 11.0. The molecule has 0 unspecified atom stereocenters. The molecule has 12 heteroatoms. The second-order valence-electron chi connectivity index (χ2n) is 4.07. The molecule has 0 aromatic carbocycles. The highest BCUT2D eigenvalue weighted by molar-refractivity contribution is 5.54. The maximum Gasteiger partial charge on any atom is 0.329 e. The third kappa shape index (κ3) is 4.26. The van der Waals surface area contributed by atoms with Crippen molar-refractivity contribution in [2.24, 2.45) is 19.3 Å². The number of aromatic nitrogens is 4. The van der Waals surface area contributed by atoms with Crippen molar-refractivity contribution in [3.8, 4) is 0 Å². The Balaban J connectivity index is 0.000000409. The van der Waals surface area contributed by atoms with Gasteiger partial charge in [0.25, 0.3) is 11.1 Å². The summed E-state index contributed by atoms with van der Waals surface area (Å²) in [7, 11) is 2.59. The molecular weight excluding hydrogens is 310 g/mol. The van der Waals surface area contributed by atoms with Crippen molar-refractivity contribution in [1.29, 1.82) is 0 Å². The number of nitrogens with zero attached hydrogens (tertiary/aromatic N) is 3. The molecule has 0 saturated carbocycles. The summed E-state index contributed by atoms with van der Waals surface area (Å²) >= 11 is 0. The molecule has 126 valence electrons. The molecule has 0 bridgehead atoms. The number of H-pyrrole nitrogens is 2. The van der Waals surface area contributed by atoms with Crippen molar-refractivity contribution in [3.63, 3.8) is 0 Å². The number of nitrogens with one attached hydrogen (secondary N) is 2. The zero-order valence-corrected chi connectivity index (χ0v) is 11.6. The molecule has 2 aromatic rings. The van der Waals surface area contributed by atoms with Crippen molar-refractivity contribution in [2.75, 3.05) is 11.5 Å². The summed E-state index contributed by atoms with van der Waals surface area (Å²) in [6.45, 7) is 0. The summed E-state index contributed by atoms with van der Waals surface area (Å²) in [4.78, 5) is 57.6. The average molecular weight is 327 g/mol. The molecule has 0 spiro atoms. The molecule has 2 aromatic heterocycles. The summed E-state index contributed by atoms with van der Waals surface area (Å²) < 4.78 is 1.66. The number of nitroso groups, excluding NO2 is 1. The minimum absolute atomic E-state index is 0. The van der Waals surface area contributed by atoms with Gasteiger partial charge in [-0.05, 0) is 5.18 Å². The van der Waals surface area contributed by atoms with Crippen LogP contribution in [0.5, 0.6) is 0 Å². The van der Waals surface area contributed by atoms with Gasteiger partial charge in [-0.25, -0.2) is 9.59 Å². The van der Waals surface area contributed by atoms with E-state index in [0.717, 1.165) is 10.6 Å². The van der Waals surface area contributed by atoms with Crippen LogP contribution in [0.25, 0.3) is 0 Å². The highest BCUT2D eigenvalue weighted by Crippen LogP contribution is 2.08. The zero-order valence-electron chi connectivity index (χ0n) is 11.6. The van der Waals surface area contributed by atoms with Gasteiger partial charge >= 0.3 is 11.4 Å². The Morgan fingerprint density at radius 2 is 1.52 bits per heavy atom. The van der Waals surface area contributed by atoms with Gasteiger partial charge in [-0.1, -0.05) is 7.43 Å². The van der Waals surface area contributed by atoms with Crippen LogP contribution in [0, 0.1) is 4.91 Å². The van der Waals surface area contributed by atoms with E-state index in [-0.39, 0.29) is 19.1 Å². The molecule has 0 atom stereocenters. The van der Waals surface area contributed by atoms with E-state index in [1.165, 1.54) is 14.1 Å². The molecule has 12 nitrogen and oxygen atoms in total. The largest absolute Gasteiger partial charge is 0.385 e. The fourth-order valence-corrected chi connectivity index (χ4v) is 1.29. The third-order valence-electron chi connectivity index (χ3n) is 2.57. The minimum Gasteiger partial charge on any atom is -0.385 e. The molecule has 0 amide bonds. The molecule has 2 heterocycles. The van der Waals surface area contributed by atoms with E-state index in [0.29, 0.717) is 4.57 Å². The lowest BCUT2D eigenvalue weighted by molar-refractivity contribution is 0.779. The quantitative estimate of drug-likeness (QED) is 0.450. The van der Waals surface area contributed by atoms with Crippen molar-refractivity contribution in [2.45, 2.75) is 7.43 Å². The summed E-state index contributed by atoms with van der Waals surface area (Å²) in [6, 6.07) is 1.15. The molecular formula is C11H17N7O5. The number of nitrogens with two attached hydrogens (primary N) is 2. The maximum atomic E-state index is 11.0. The Morgan fingerprint density at radius 3 is 2.00 bits per heavy atom. The number of aromatic amines is 2. The van der Waals surface area contributed by atoms with E-state index in [2.05, 4.69) is 15.1 Å². The summed E-state index contributed by atoms with van der Waals surface area (Å²) in [5.41, 5.74) is 7.45. The molecule has 0 aliphatic rings. The van der Waals surface area contributed by atoms with Crippen LogP contribution in [-0.2, 0) is 14.1 Å². The van der Waals surface area contributed by atoms with Gasteiger partial charge in [0.05, 0.1) is 0 Å². The molecule has 6 N–H and O–H groups in total. The van der Waals surface area contributed by atoms with Gasteiger partial charge in [0.15, 0.2) is 0 Å². The van der Waals surface area contributed by atoms with Crippen LogP contribution < -0.4 is 34.0 Å². The Labute approximate surface area is 128 Å². The van der Waals surface area contributed by atoms with Gasteiger partial charge < -0.3 is 11.5 Å². The molecule has 0 aliphatic heterocycles. The van der Waals surface area contributed by atoms with E-state index in [1.54, 1.807) is 0 Å². The minimum atomic E-state index is -0.800. The molecule has 2 rings (SSSR count). The summed E-state index contributed by atoms with van der Waals surface area (Å²) in [5.74, 6) is -0.216. The summed E-state index contributed by atoms with van der Waals surface area (Å²) in [6.07, 6.45) is 0. The summed E-state index contributed by atoms with van der Waals surface area (Å²) in [5, 5.41) is 2.39. The van der Waals surface area contributed by atoms with E-state index in [1.807, 2.05) is 0 Å². The van der Waals surface area contributed by atoms with Gasteiger partial charge in [0.2, 0.25) is 5.69 Å². The fourth-order valence-electron chi connectivity index (χ4n) is 1.29. The second kappa shape index (κ2) is 7.53. The van der Waals surface area contributed by atoms with Gasteiger partial charge in [-0.15, -0.1) is 4.91 Å². The number of nitrogen functional groups attached to an aromatic ring is 2. The Bertz CT molecular complexity index is 902. The first-order valence-electron chi connectivity index (χ1n) is 5.67. The standard InChI is InChI=1S/C5H6N4O3.C5H7N3O2.CH4/c1-9-4(10)2(8-12)3(6)7-5(9)11;1-8-4(9)2-3(6)7-5(8)10;/h6H2,1H3,(H,7,11);2H,6H2,1H3,(H,7,10);1H4. The van der Waals surface area contributed by atoms with Crippen LogP contribution >= 0.6 is 0 Å². The van der Waals surface area contributed by atoms with Gasteiger partial charge in [-0.2, -0.15) is 0 Å². The highest BCUT2D eigenvalue weighted by Gasteiger charge is 2.08. The van der Waals surface area contributed by atoms with E-state index in [4.69, 9.17) is 11.5 Å². The van der Waals surface area contributed by atoms with Gasteiger partial charge in [0, 0.05) is 20.2 Å². The lowest BCUT2D eigenvalue weighted by atomic mass is 10.5. The van der Waals surface area contributed by atoms with Crippen molar-refractivity contribution >= 4 is 17.3 Å². The second-order valence-corrected chi connectivity index (χ2v) is 4.07. The number of hydrogen-bond donors (Lipinski definition) is 4. The van der Waals surface area contributed by atoms with Gasteiger partial charge in [-0.3, -0.25) is 28.7 Å². The fraction of sp³-hybridized carbons (Fsp3) is 0.273. The first-order chi connectivity index (χ1) is 10.2. The number of anilines is 2. The Morgan fingerprint density at radius 1 is 1.00 bits per heavy atom. The van der Waals surface area contributed by atoms with Crippen LogP contribution in [-0.4, -0.2) is 19.1 Å². The zero-order chi connectivity index (χ0) is 17.0. The topological polar surface area (TPSA) is 191 Å². The first-order valence-corrected chi connectivity index (χ1v) is 5.67. The van der Waals surface area contributed by atoms with E-state index in [9.17, 15) is 24.1 Å². The Hall–Kier alpha value is -3.44. The van der Waals surface area contributed by atoms with Crippen molar-refractivity contribution < 1.29 is 0 Å². The SMILES string of the molecule is C.Cn1c(=O)[nH]c(N)c(N=O)c1=O.Cn1c(=O)cc(N)[nH]c1=O. The molecule has 0 saturated heterocycles. The molecule has 0 aliphatic carbocycles. The van der Waals surface area contributed by atoms with Crippen LogP contribution in [0.2, 0.25) is 0 Å². The predicted molar refractivity (Wildman–Crippen MR) is 85.6 cm³/mol. The lowest BCUT2D eigenvalue weighted by Crippen LogP contribution is -2.33. The van der Waals surface area contributed by atoms with Crippen molar-refractivity contribution in [3.05, 3.63) is 52.6 Å². The van der Waals surface area contributed by atoms with Gasteiger partial charge in [0.1, 0.15) is 11.6 Å². The molecule has 0 radical (unpaired) electrons. The monoisotopic (exact) mass is 327 g/mol. The van der Waals surface area contributed by atoms with Crippen LogP contribution in [0.3, 0.4) is 0 Å². The number of rotatable bonds is 1. The Kier molecular flexibility index (Phi) is 6.41. The predicted octanol–water partition coefficient (Wildman–Crippen LogP) is -1.65. The number of hydrogen-bond acceptors (Lipinski definition) is 8. The van der Waals surface area contributed by atoms with E-state index >= 15 is 0 Å². The smallest absolute Gasteiger partial charge is 0.329 e. The normalized spacial score (nSPS) is 9.30. The van der Waals surface area contributed by atoms with Crippen molar-refractivity contribution in [1.82, 2.24) is 19.1 Å². The van der Waals surface area contributed by atoms with Crippen LogP contribution in [0.1, 0.15) is 7.43 Å². The average Bonchev–Trinajstić information content (AvgIpc) is 2.43. The van der Waals surface area contributed by atoms with E-state index < -0.39 is 28.2 Å². The van der Waals surface area contributed by atoms with Crippen LogP contribution in [0.15, 0.2) is 30.4 Å². The van der Waals surface area contributed by atoms with Crippen LogP contribution in [0.4, 0.5) is 17.3 Å². The first kappa shape index (κ1) is 19.6. The highest BCUT2D eigenvalue weighted by atomic mass is 16.3. The lowest BCUT2D eigenvalue weighted by Gasteiger charge is -1.98.